The number of hydrogen-bond acceptors (Lipinski definition) is 2. The van der Waals surface area contributed by atoms with E-state index in [0.717, 1.165) is 37.0 Å². The Morgan fingerprint density at radius 3 is 2.19 bits per heavy atom. The zero-order valence-corrected chi connectivity index (χ0v) is 11.8. The van der Waals surface area contributed by atoms with Crippen LogP contribution in [0.15, 0.2) is 17.7 Å². The lowest BCUT2D eigenvalue weighted by atomic mass is 9.88. The van der Waals surface area contributed by atoms with E-state index in [4.69, 9.17) is 4.74 Å². The number of halogens is 3. The molecule has 21 heavy (non-hydrogen) atoms. The van der Waals surface area contributed by atoms with E-state index >= 15 is 0 Å². The Balaban J connectivity index is 2.52. The fraction of sp³-hybridized carbons (Fsp3) is 0.438. The second kappa shape index (κ2) is 6.78. The maximum absolute atomic E-state index is 13.4. The van der Waals surface area contributed by atoms with Crippen molar-refractivity contribution < 1.29 is 22.7 Å². The third-order valence-electron chi connectivity index (χ3n) is 3.56. The Morgan fingerprint density at radius 1 is 1.10 bits per heavy atom. The maximum atomic E-state index is 13.4. The van der Waals surface area contributed by atoms with Gasteiger partial charge in [-0.1, -0.05) is 12.0 Å². The summed E-state index contributed by atoms with van der Waals surface area (Å²) in [5.74, 6) is -4.75. The summed E-state index contributed by atoms with van der Waals surface area (Å²) < 4.78 is 44.9. The first-order valence-corrected chi connectivity index (χ1v) is 7.08. The summed E-state index contributed by atoms with van der Waals surface area (Å²) in [6.07, 6.45) is 4.28. The van der Waals surface area contributed by atoms with Crippen LogP contribution in [0.4, 0.5) is 13.2 Å². The molecule has 2 nitrogen and oxygen atoms in total. The third kappa shape index (κ3) is 3.46. The normalized spacial score (nSPS) is 15.0. The molecule has 1 fully saturated rings. The molecule has 1 aromatic carbocycles. The summed E-state index contributed by atoms with van der Waals surface area (Å²) in [5.41, 5.74) is 1.04. The van der Waals surface area contributed by atoms with Gasteiger partial charge in [-0.3, -0.25) is 0 Å². The van der Waals surface area contributed by atoms with Gasteiger partial charge in [0.15, 0.2) is 17.5 Å². The molecule has 0 radical (unpaired) electrons. The summed E-state index contributed by atoms with van der Waals surface area (Å²) >= 11 is 0. The van der Waals surface area contributed by atoms with Crippen molar-refractivity contribution in [3.8, 4) is 0 Å². The number of carbonyl (C=O) groups excluding carboxylic acids is 1. The van der Waals surface area contributed by atoms with Gasteiger partial charge in [-0.05, 0) is 50.3 Å². The third-order valence-corrected chi connectivity index (χ3v) is 3.56. The van der Waals surface area contributed by atoms with Gasteiger partial charge in [0, 0.05) is 0 Å². The molecule has 0 atom stereocenters. The van der Waals surface area contributed by atoms with Gasteiger partial charge in [0.2, 0.25) is 0 Å². The van der Waals surface area contributed by atoms with Crippen LogP contribution in [0.3, 0.4) is 0 Å². The summed E-state index contributed by atoms with van der Waals surface area (Å²) in [6, 6.07) is 1.71. The van der Waals surface area contributed by atoms with E-state index in [0.29, 0.717) is 12.8 Å². The predicted octanol–water partition coefficient (Wildman–Crippen LogP) is 4.38. The van der Waals surface area contributed by atoms with Gasteiger partial charge < -0.3 is 4.74 Å². The first-order valence-electron chi connectivity index (χ1n) is 7.08. The van der Waals surface area contributed by atoms with E-state index in [1.165, 1.54) is 0 Å². The summed E-state index contributed by atoms with van der Waals surface area (Å²) in [5, 5.41) is 0. The molecule has 1 aromatic rings. The van der Waals surface area contributed by atoms with Crippen LogP contribution in [-0.4, -0.2) is 12.6 Å². The highest BCUT2D eigenvalue weighted by Gasteiger charge is 2.23. The van der Waals surface area contributed by atoms with Crippen LogP contribution in [-0.2, 0) is 9.53 Å². The molecule has 1 aliphatic carbocycles. The summed E-state index contributed by atoms with van der Waals surface area (Å²) in [6.45, 7) is 1.83. The van der Waals surface area contributed by atoms with Gasteiger partial charge in [-0.15, -0.1) is 0 Å². The lowest BCUT2D eigenvalue weighted by molar-refractivity contribution is -0.136. The summed E-state index contributed by atoms with van der Waals surface area (Å²) in [4.78, 5) is 12.1. The highest BCUT2D eigenvalue weighted by atomic mass is 19.2. The second-order valence-corrected chi connectivity index (χ2v) is 5.01. The van der Waals surface area contributed by atoms with Gasteiger partial charge in [-0.2, -0.15) is 0 Å². The van der Waals surface area contributed by atoms with Crippen LogP contribution in [0.25, 0.3) is 5.57 Å². The molecule has 1 aliphatic rings. The van der Waals surface area contributed by atoms with E-state index in [1.54, 1.807) is 6.92 Å². The van der Waals surface area contributed by atoms with Crippen LogP contribution in [0.2, 0.25) is 0 Å². The van der Waals surface area contributed by atoms with Gasteiger partial charge in [-0.25, -0.2) is 18.0 Å². The number of ether oxygens (including phenoxy) is 1. The minimum absolute atomic E-state index is 0.0433. The number of hydrogen-bond donors (Lipinski definition) is 0. The van der Waals surface area contributed by atoms with Crippen LogP contribution in [0.1, 0.15) is 44.6 Å². The Labute approximate surface area is 121 Å². The highest BCUT2D eigenvalue weighted by Crippen LogP contribution is 2.32. The first kappa shape index (κ1) is 15.6. The quantitative estimate of drug-likeness (QED) is 0.470. The Morgan fingerprint density at radius 2 is 1.67 bits per heavy atom. The van der Waals surface area contributed by atoms with Crippen LogP contribution in [0.5, 0.6) is 0 Å². The molecule has 0 spiro atoms. The molecular formula is C16H17F3O2. The number of allylic oxidation sites excluding steroid dienone is 1. The van der Waals surface area contributed by atoms with Crippen LogP contribution >= 0.6 is 0 Å². The minimum atomic E-state index is -1.53. The van der Waals surface area contributed by atoms with Crippen molar-refractivity contribution in [2.75, 3.05) is 6.61 Å². The average molecular weight is 298 g/mol. The van der Waals surface area contributed by atoms with E-state index < -0.39 is 23.4 Å². The van der Waals surface area contributed by atoms with Gasteiger partial charge in [0.25, 0.3) is 0 Å². The molecule has 0 bridgehead atoms. The summed E-state index contributed by atoms with van der Waals surface area (Å²) in [7, 11) is 0. The van der Waals surface area contributed by atoms with Crippen molar-refractivity contribution in [1.29, 1.82) is 0 Å². The highest BCUT2D eigenvalue weighted by molar-refractivity contribution is 6.17. The molecule has 0 N–H and O–H groups in total. The Hall–Kier alpha value is -1.78. The Bertz CT molecular complexity index is 548. The smallest absolute Gasteiger partial charge is 0.338 e. The first-order chi connectivity index (χ1) is 10.0. The van der Waals surface area contributed by atoms with Crippen molar-refractivity contribution in [3.05, 3.63) is 40.7 Å². The molecular weight excluding hydrogens is 281 g/mol. The number of benzene rings is 1. The lowest BCUT2D eigenvalue weighted by Crippen LogP contribution is -2.12. The average Bonchev–Trinajstić information content (AvgIpc) is 2.46. The van der Waals surface area contributed by atoms with Crippen molar-refractivity contribution in [2.45, 2.75) is 39.0 Å². The molecule has 5 heteroatoms. The van der Waals surface area contributed by atoms with E-state index in [-0.39, 0.29) is 17.7 Å². The SMILES string of the molecule is CCOC(=O)C(=C1CCCCC1)c1cc(F)c(F)c(F)c1. The number of rotatable bonds is 3. The topological polar surface area (TPSA) is 26.3 Å². The van der Waals surface area contributed by atoms with E-state index in [2.05, 4.69) is 0 Å². The molecule has 0 saturated heterocycles. The molecule has 2 rings (SSSR count). The predicted molar refractivity (Wildman–Crippen MR) is 73.0 cm³/mol. The molecule has 0 unspecified atom stereocenters. The monoisotopic (exact) mass is 298 g/mol. The molecule has 0 amide bonds. The van der Waals surface area contributed by atoms with Gasteiger partial charge in [0.1, 0.15) is 0 Å². The second-order valence-electron chi connectivity index (χ2n) is 5.01. The largest absolute Gasteiger partial charge is 0.462 e. The molecule has 1 saturated carbocycles. The zero-order chi connectivity index (χ0) is 15.4. The van der Waals surface area contributed by atoms with E-state index in [1.807, 2.05) is 0 Å². The molecule has 0 aromatic heterocycles. The zero-order valence-electron chi connectivity index (χ0n) is 11.8. The molecule has 0 heterocycles. The van der Waals surface area contributed by atoms with Crippen molar-refractivity contribution in [1.82, 2.24) is 0 Å². The number of carbonyl (C=O) groups is 1. The Kier molecular flexibility index (Phi) is 5.04. The molecule has 0 aliphatic heterocycles. The lowest BCUT2D eigenvalue weighted by Gasteiger charge is -2.19. The maximum Gasteiger partial charge on any atom is 0.338 e. The van der Waals surface area contributed by atoms with Crippen molar-refractivity contribution in [2.24, 2.45) is 0 Å². The van der Waals surface area contributed by atoms with Crippen molar-refractivity contribution >= 4 is 11.5 Å². The van der Waals surface area contributed by atoms with Gasteiger partial charge >= 0.3 is 5.97 Å². The van der Waals surface area contributed by atoms with Crippen LogP contribution < -0.4 is 0 Å². The van der Waals surface area contributed by atoms with Gasteiger partial charge in [0.05, 0.1) is 12.2 Å². The standard InChI is InChI=1S/C16H17F3O2/c1-2-21-16(20)14(10-6-4-3-5-7-10)11-8-12(17)15(19)13(18)9-11/h8-9H,2-7H2,1H3. The fourth-order valence-electron chi connectivity index (χ4n) is 2.60. The van der Waals surface area contributed by atoms with Crippen molar-refractivity contribution in [3.63, 3.8) is 0 Å². The fourth-order valence-corrected chi connectivity index (χ4v) is 2.60. The molecule has 114 valence electrons. The number of esters is 1. The minimum Gasteiger partial charge on any atom is -0.462 e. The van der Waals surface area contributed by atoms with E-state index in [9.17, 15) is 18.0 Å². The van der Waals surface area contributed by atoms with Crippen LogP contribution in [0, 0.1) is 17.5 Å².